The van der Waals surface area contributed by atoms with Gasteiger partial charge in [0.25, 0.3) is 5.91 Å². The van der Waals surface area contributed by atoms with E-state index in [1.165, 1.54) is 44.0 Å². The number of rotatable bonds is 14. The molecule has 3 aromatic rings. The van der Waals surface area contributed by atoms with Gasteiger partial charge >= 0.3 is 5.97 Å². The Labute approximate surface area is 238 Å². The molecule has 7 nitrogen and oxygen atoms in total. The van der Waals surface area contributed by atoms with Gasteiger partial charge in [0.2, 0.25) is 5.91 Å². The average Bonchev–Trinajstić information content (AvgIpc) is 2.92. The van der Waals surface area contributed by atoms with Crippen LogP contribution >= 0.6 is 23.2 Å². The molecule has 2 N–H and O–H groups in total. The highest BCUT2D eigenvalue weighted by molar-refractivity contribution is 6.36. The van der Waals surface area contributed by atoms with E-state index in [1.54, 1.807) is 12.1 Å². The Kier molecular flexibility index (Phi) is 12.3. The van der Waals surface area contributed by atoms with Crippen LogP contribution in [0.2, 0.25) is 10.0 Å². The van der Waals surface area contributed by atoms with Crippen LogP contribution in [0.1, 0.15) is 74.2 Å². The molecule has 0 spiro atoms. The molecule has 206 valence electrons. The number of unbranched alkanes of at least 4 members (excludes halogenated alkanes) is 6. The van der Waals surface area contributed by atoms with Crippen LogP contribution in [0.5, 0.6) is 5.75 Å². The maximum Gasteiger partial charge on any atom is 0.345 e. The molecule has 0 unspecified atom stereocenters. The van der Waals surface area contributed by atoms with Crippen molar-refractivity contribution >= 4 is 58.0 Å². The van der Waals surface area contributed by atoms with Crippen LogP contribution < -0.4 is 15.5 Å². The van der Waals surface area contributed by atoms with Gasteiger partial charge in [0.1, 0.15) is 5.75 Å². The zero-order chi connectivity index (χ0) is 28.0. The third-order valence-corrected chi connectivity index (χ3v) is 6.67. The van der Waals surface area contributed by atoms with Crippen molar-refractivity contribution in [2.75, 3.05) is 6.54 Å². The Morgan fingerprint density at radius 2 is 1.64 bits per heavy atom. The number of hydrazone groups is 1. The fourth-order valence-corrected chi connectivity index (χ4v) is 4.51. The van der Waals surface area contributed by atoms with Crippen LogP contribution in [0.25, 0.3) is 10.8 Å². The lowest BCUT2D eigenvalue weighted by atomic mass is 10.0. The van der Waals surface area contributed by atoms with Crippen molar-refractivity contribution < 1.29 is 19.1 Å². The molecule has 9 heteroatoms. The topological polar surface area (TPSA) is 96.9 Å². The van der Waals surface area contributed by atoms with Crippen LogP contribution in [0.15, 0.2) is 59.7 Å². The Morgan fingerprint density at radius 1 is 0.897 bits per heavy atom. The maximum absolute atomic E-state index is 12.8. The van der Waals surface area contributed by atoms with Gasteiger partial charge < -0.3 is 10.1 Å². The third kappa shape index (κ3) is 9.68. The first-order valence-electron chi connectivity index (χ1n) is 13.2. The van der Waals surface area contributed by atoms with Crippen LogP contribution in [0, 0.1) is 0 Å². The van der Waals surface area contributed by atoms with Crippen molar-refractivity contribution in [3.63, 3.8) is 0 Å². The zero-order valence-electron chi connectivity index (χ0n) is 22.0. The number of carbonyl (C=O) groups excluding carboxylic acids is 3. The van der Waals surface area contributed by atoms with Gasteiger partial charge in [0.15, 0.2) is 0 Å². The van der Waals surface area contributed by atoms with Gasteiger partial charge in [-0.1, -0.05) is 99.0 Å². The van der Waals surface area contributed by atoms with E-state index in [1.807, 2.05) is 30.3 Å². The molecule has 0 bridgehead atoms. The van der Waals surface area contributed by atoms with Gasteiger partial charge in [-0.2, -0.15) is 5.10 Å². The van der Waals surface area contributed by atoms with Crippen LogP contribution in [0.3, 0.4) is 0 Å². The molecular formula is C30H33Cl2N3O4. The highest BCUT2D eigenvalue weighted by Gasteiger charge is 2.16. The molecule has 0 aromatic heterocycles. The Hall–Kier alpha value is -3.42. The summed E-state index contributed by atoms with van der Waals surface area (Å²) in [7, 11) is 0. The number of carbonyl (C=O) groups is 3. The van der Waals surface area contributed by atoms with Crippen molar-refractivity contribution in [2.45, 2.75) is 58.3 Å². The molecule has 0 heterocycles. The second-order valence-corrected chi connectivity index (χ2v) is 10.00. The van der Waals surface area contributed by atoms with Gasteiger partial charge in [-0.05, 0) is 41.5 Å². The van der Waals surface area contributed by atoms with Gasteiger partial charge in [0, 0.05) is 17.0 Å². The van der Waals surface area contributed by atoms with Crippen LogP contribution in [0.4, 0.5) is 0 Å². The summed E-state index contributed by atoms with van der Waals surface area (Å²) in [5, 5.41) is 8.90. The Bertz CT molecular complexity index is 1330. The largest absolute Gasteiger partial charge is 0.422 e. The molecule has 0 radical (unpaired) electrons. The Balaban J connectivity index is 1.58. The van der Waals surface area contributed by atoms with Crippen molar-refractivity contribution in [1.29, 1.82) is 0 Å². The van der Waals surface area contributed by atoms with Crippen molar-refractivity contribution in [3.8, 4) is 5.75 Å². The van der Waals surface area contributed by atoms with E-state index in [-0.39, 0.29) is 28.8 Å². The predicted octanol–water partition coefficient (Wildman–Crippen LogP) is 7.07. The molecule has 3 rings (SSSR count). The standard InChI is InChI=1S/C30H33Cl2N3O4/c1-2-3-4-5-6-7-8-13-28(36)33-20-29(37)35-34-19-25-23-12-10-9-11-21(23)14-17-27(25)39-30(38)24-16-15-22(31)18-26(24)32/h9-12,14-19H,2-8,13,20H2,1H3,(H,33,36)(H,35,37)/b34-19-. The van der Waals surface area contributed by atoms with Gasteiger partial charge in [-0.3, -0.25) is 9.59 Å². The second-order valence-electron chi connectivity index (χ2n) is 9.15. The number of ether oxygens (including phenoxy) is 1. The number of amides is 2. The lowest BCUT2D eigenvalue weighted by Gasteiger charge is -2.11. The lowest BCUT2D eigenvalue weighted by molar-refractivity contribution is -0.126. The summed E-state index contributed by atoms with van der Waals surface area (Å²) in [6, 6.07) is 15.5. The van der Waals surface area contributed by atoms with Crippen molar-refractivity contribution in [3.05, 3.63) is 75.8 Å². The first kappa shape index (κ1) is 30.1. The monoisotopic (exact) mass is 569 g/mol. The normalized spacial score (nSPS) is 11.1. The molecule has 0 saturated heterocycles. The molecule has 0 saturated carbocycles. The van der Waals surface area contributed by atoms with E-state index in [2.05, 4.69) is 22.8 Å². The minimum absolute atomic E-state index is 0.160. The predicted molar refractivity (Wildman–Crippen MR) is 157 cm³/mol. The minimum Gasteiger partial charge on any atom is -0.422 e. The van der Waals surface area contributed by atoms with E-state index >= 15 is 0 Å². The number of benzene rings is 3. The molecule has 39 heavy (non-hydrogen) atoms. The summed E-state index contributed by atoms with van der Waals surface area (Å²) in [6.07, 6.45) is 9.65. The number of nitrogens with zero attached hydrogens (tertiary/aromatic N) is 1. The molecule has 2 amide bonds. The number of hydrogen-bond acceptors (Lipinski definition) is 5. The highest BCUT2D eigenvalue weighted by atomic mass is 35.5. The number of nitrogens with one attached hydrogen (secondary N) is 2. The Morgan fingerprint density at radius 3 is 2.41 bits per heavy atom. The van der Waals surface area contributed by atoms with Gasteiger partial charge in [-0.15, -0.1) is 0 Å². The first-order valence-corrected chi connectivity index (χ1v) is 13.9. The van der Waals surface area contributed by atoms with Crippen molar-refractivity contribution in [2.24, 2.45) is 5.10 Å². The molecular weight excluding hydrogens is 537 g/mol. The van der Waals surface area contributed by atoms with Gasteiger partial charge in [0.05, 0.1) is 23.3 Å². The summed E-state index contributed by atoms with van der Waals surface area (Å²) < 4.78 is 5.64. The van der Waals surface area contributed by atoms with Crippen LogP contribution in [-0.2, 0) is 9.59 Å². The zero-order valence-corrected chi connectivity index (χ0v) is 23.5. The number of halogens is 2. The second kappa shape index (κ2) is 15.9. The van der Waals surface area contributed by atoms with E-state index in [4.69, 9.17) is 27.9 Å². The lowest BCUT2D eigenvalue weighted by Crippen LogP contribution is -2.34. The van der Waals surface area contributed by atoms with Crippen molar-refractivity contribution in [1.82, 2.24) is 10.7 Å². The third-order valence-electron chi connectivity index (χ3n) is 6.12. The molecule has 0 aliphatic heterocycles. The number of esters is 1. The fraction of sp³-hybridized carbons (Fsp3) is 0.333. The summed E-state index contributed by atoms with van der Waals surface area (Å²) in [4.78, 5) is 37.1. The maximum atomic E-state index is 12.8. The minimum atomic E-state index is -0.658. The van der Waals surface area contributed by atoms with E-state index < -0.39 is 11.9 Å². The average molecular weight is 571 g/mol. The molecule has 3 aromatic carbocycles. The van der Waals surface area contributed by atoms with E-state index in [0.29, 0.717) is 17.0 Å². The molecule has 0 aliphatic carbocycles. The number of fused-ring (bicyclic) bond motifs is 1. The highest BCUT2D eigenvalue weighted by Crippen LogP contribution is 2.29. The summed E-state index contributed by atoms with van der Waals surface area (Å²) in [5.41, 5.74) is 3.07. The summed E-state index contributed by atoms with van der Waals surface area (Å²) >= 11 is 12.1. The number of hydrogen-bond donors (Lipinski definition) is 2. The van der Waals surface area contributed by atoms with Gasteiger partial charge in [-0.25, -0.2) is 10.2 Å². The first-order chi connectivity index (χ1) is 18.9. The fourth-order valence-electron chi connectivity index (χ4n) is 4.03. The summed E-state index contributed by atoms with van der Waals surface area (Å²) in [6.45, 7) is 2.00. The molecule has 0 aliphatic rings. The molecule has 0 fully saturated rings. The van der Waals surface area contributed by atoms with E-state index in [0.717, 1.165) is 30.0 Å². The molecule has 0 atom stereocenters. The quantitative estimate of drug-likeness (QED) is 0.0712. The van der Waals surface area contributed by atoms with E-state index in [9.17, 15) is 14.4 Å². The SMILES string of the molecule is CCCCCCCCCC(=O)NCC(=O)N/N=C\c1c(OC(=O)c2ccc(Cl)cc2Cl)ccc2ccccc12. The van der Waals surface area contributed by atoms with Crippen LogP contribution in [-0.4, -0.2) is 30.5 Å². The summed E-state index contributed by atoms with van der Waals surface area (Å²) in [5.74, 6) is -1.04. The smallest absolute Gasteiger partial charge is 0.345 e.